The van der Waals surface area contributed by atoms with Gasteiger partial charge in [0.05, 0.1) is 12.6 Å². The van der Waals surface area contributed by atoms with Gasteiger partial charge in [0.1, 0.15) is 6.10 Å². The number of halogens is 1. The van der Waals surface area contributed by atoms with E-state index in [-0.39, 0.29) is 42.1 Å². The highest BCUT2D eigenvalue weighted by molar-refractivity contribution is 5.83. The molecule has 2 aliphatic carbocycles. The van der Waals surface area contributed by atoms with Gasteiger partial charge in [-0.2, -0.15) is 0 Å². The molecule has 0 aliphatic heterocycles. The molecule has 6 heteroatoms. The van der Waals surface area contributed by atoms with Crippen LogP contribution < -0.4 is 33.4 Å². The average Bonchev–Trinajstić information content (AvgIpc) is 3.63. The van der Waals surface area contributed by atoms with Crippen molar-refractivity contribution in [1.82, 2.24) is 4.57 Å². The number of nitrogens with zero attached hydrogens (tertiary/aromatic N) is 3. The molecule has 1 aromatic heterocycles. The van der Waals surface area contributed by atoms with E-state index in [4.69, 9.17) is 4.74 Å². The van der Waals surface area contributed by atoms with Gasteiger partial charge >= 0.3 is 5.97 Å². The molecule has 2 aromatic carbocycles. The van der Waals surface area contributed by atoms with Gasteiger partial charge in [-0.15, -0.1) is 0 Å². The summed E-state index contributed by atoms with van der Waals surface area (Å²) in [6.45, 7) is 9.01. The molecule has 0 amide bonds. The van der Waals surface area contributed by atoms with E-state index in [2.05, 4.69) is 105 Å². The van der Waals surface area contributed by atoms with Crippen LogP contribution in [0, 0.1) is 30.6 Å². The van der Waals surface area contributed by atoms with Crippen LogP contribution >= 0.6 is 0 Å². The number of hydrogen-bond acceptors (Lipinski definition) is 3. The zero-order valence-corrected chi connectivity index (χ0v) is 26.2. The highest BCUT2D eigenvalue weighted by atomic mass is 127. The van der Waals surface area contributed by atoms with E-state index in [1.165, 1.54) is 17.7 Å². The van der Waals surface area contributed by atoms with Crippen LogP contribution in [0.25, 0.3) is 22.4 Å². The number of rotatable bonds is 7. The molecular formula is C32H44IN3O2. The molecule has 1 heterocycles. The molecule has 0 spiro atoms. The van der Waals surface area contributed by atoms with Crippen LogP contribution in [0.15, 0.2) is 42.5 Å². The van der Waals surface area contributed by atoms with Crippen molar-refractivity contribution in [2.45, 2.75) is 71.9 Å². The standard InChI is InChI=1S/C32H44N3O2.HI/c1-20(2)25-16-12-21(3)18-29(25)37-32(36)30(23-13-14-23)35-28-11-9-8-10-27(28)34(7)31(35)24-15-17-26(33(5)6)22(4)19-24;/h8-11,15,17,19-21,23,25,29-30H,12-14,16,18H2,1-7H3;1H/q+1;/p-1/t21-,25+,29?,30-;/m1./s1. The van der Waals surface area contributed by atoms with E-state index in [9.17, 15) is 4.79 Å². The number of carbonyl (C=O) groups excluding carboxylic acids is 1. The molecule has 2 saturated carbocycles. The van der Waals surface area contributed by atoms with Gasteiger partial charge in [0.25, 0.3) is 5.82 Å². The topological polar surface area (TPSA) is 38.4 Å². The van der Waals surface area contributed by atoms with Crippen LogP contribution in [-0.2, 0) is 16.6 Å². The maximum atomic E-state index is 14.2. The SMILES string of the molecule is Cc1cc(-c2n([C@@H](C(=O)OC3C[C@H](C)CC[C@H]3C(C)C)C3CC3)c3ccccc3[n+]2C)ccc1N(C)C.[I-]. The number of hydrogen-bond donors (Lipinski definition) is 0. The van der Waals surface area contributed by atoms with Crippen LogP contribution in [0.4, 0.5) is 5.69 Å². The summed E-state index contributed by atoms with van der Waals surface area (Å²) in [5.74, 6) is 2.91. The van der Waals surface area contributed by atoms with Crippen LogP contribution in [0.3, 0.4) is 0 Å². The Morgan fingerprint density at radius 1 is 1.08 bits per heavy atom. The van der Waals surface area contributed by atoms with Crippen LogP contribution in [0.5, 0.6) is 0 Å². The lowest BCUT2D eigenvalue weighted by Gasteiger charge is -2.37. The van der Waals surface area contributed by atoms with E-state index in [1.807, 2.05) is 0 Å². The second-order valence-corrected chi connectivity index (χ2v) is 12.2. The summed E-state index contributed by atoms with van der Waals surface area (Å²) < 4.78 is 11.1. The first kappa shape index (κ1) is 28.9. The van der Waals surface area contributed by atoms with Gasteiger partial charge in [-0.05, 0) is 86.3 Å². The second kappa shape index (κ2) is 11.6. The lowest BCUT2D eigenvalue weighted by molar-refractivity contribution is -0.634. The molecule has 5 rings (SSSR count). The van der Waals surface area contributed by atoms with Gasteiger partial charge in [0.2, 0.25) is 6.04 Å². The smallest absolute Gasteiger partial charge is 0.352 e. The molecule has 2 fully saturated rings. The first-order valence-corrected chi connectivity index (χ1v) is 14.1. The van der Waals surface area contributed by atoms with E-state index in [1.54, 1.807) is 0 Å². The third-order valence-corrected chi connectivity index (χ3v) is 8.80. The number of para-hydroxylation sites is 2. The molecule has 0 N–H and O–H groups in total. The molecular weight excluding hydrogens is 585 g/mol. The number of anilines is 1. The predicted molar refractivity (Wildman–Crippen MR) is 151 cm³/mol. The van der Waals surface area contributed by atoms with Crippen molar-refractivity contribution in [2.24, 2.45) is 30.7 Å². The van der Waals surface area contributed by atoms with Crippen LogP contribution in [-0.4, -0.2) is 30.7 Å². The minimum Gasteiger partial charge on any atom is -1.00 e. The highest BCUT2D eigenvalue weighted by Gasteiger charge is 2.47. The number of aromatic nitrogens is 2. The molecule has 5 nitrogen and oxygen atoms in total. The number of ether oxygens (including phenoxy) is 1. The highest BCUT2D eigenvalue weighted by Crippen LogP contribution is 2.45. The molecule has 0 radical (unpaired) electrons. The molecule has 38 heavy (non-hydrogen) atoms. The monoisotopic (exact) mass is 629 g/mol. The van der Waals surface area contributed by atoms with Gasteiger partial charge in [-0.1, -0.05) is 39.3 Å². The number of fused-ring (bicyclic) bond motifs is 1. The summed E-state index contributed by atoms with van der Waals surface area (Å²) in [7, 11) is 6.28. The second-order valence-electron chi connectivity index (χ2n) is 12.2. The third kappa shape index (κ3) is 5.47. The molecule has 2 aliphatic rings. The lowest BCUT2D eigenvalue weighted by atomic mass is 9.75. The summed E-state index contributed by atoms with van der Waals surface area (Å²) >= 11 is 0. The Morgan fingerprint density at radius 3 is 2.42 bits per heavy atom. The van der Waals surface area contributed by atoms with E-state index in [0.717, 1.165) is 48.1 Å². The van der Waals surface area contributed by atoms with Gasteiger partial charge in [-0.3, -0.25) is 0 Å². The average molecular weight is 630 g/mol. The maximum Gasteiger partial charge on any atom is 0.352 e. The Balaban J connectivity index is 0.00000336. The van der Waals surface area contributed by atoms with Gasteiger partial charge in [0, 0.05) is 25.7 Å². The first-order chi connectivity index (χ1) is 17.7. The van der Waals surface area contributed by atoms with Crippen molar-refractivity contribution in [2.75, 3.05) is 19.0 Å². The summed E-state index contributed by atoms with van der Waals surface area (Å²) in [4.78, 5) is 16.3. The Bertz CT molecular complexity index is 1290. The van der Waals surface area contributed by atoms with Crippen molar-refractivity contribution < 1.29 is 38.1 Å². The normalized spacial score (nSPS) is 22.3. The van der Waals surface area contributed by atoms with Gasteiger partial charge in [-0.25, -0.2) is 13.9 Å². The molecule has 0 saturated heterocycles. The lowest BCUT2D eigenvalue weighted by Crippen LogP contribution is -3.00. The first-order valence-electron chi connectivity index (χ1n) is 14.1. The number of benzene rings is 2. The number of aryl methyl sites for hydroxylation is 2. The fraction of sp³-hybridized carbons (Fsp3) is 0.562. The van der Waals surface area contributed by atoms with Crippen molar-refractivity contribution in [3.8, 4) is 11.4 Å². The van der Waals surface area contributed by atoms with E-state index in [0.29, 0.717) is 23.7 Å². The minimum absolute atomic E-state index is 0. The summed E-state index contributed by atoms with van der Waals surface area (Å²) in [6, 6.07) is 14.8. The number of carbonyl (C=O) groups is 1. The Kier molecular flexibility index (Phi) is 8.80. The Morgan fingerprint density at radius 2 is 1.79 bits per heavy atom. The summed E-state index contributed by atoms with van der Waals surface area (Å²) in [6.07, 6.45) is 5.51. The largest absolute Gasteiger partial charge is 1.00 e. The maximum absolute atomic E-state index is 14.2. The summed E-state index contributed by atoms with van der Waals surface area (Å²) in [5.41, 5.74) is 5.79. The van der Waals surface area contributed by atoms with E-state index < -0.39 is 0 Å². The number of esters is 1. The van der Waals surface area contributed by atoms with Crippen LogP contribution in [0.1, 0.15) is 64.5 Å². The summed E-state index contributed by atoms with van der Waals surface area (Å²) in [5, 5.41) is 0. The van der Waals surface area contributed by atoms with Crippen molar-refractivity contribution >= 4 is 22.7 Å². The van der Waals surface area contributed by atoms with Crippen LogP contribution in [0.2, 0.25) is 0 Å². The molecule has 4 atom stereocenters. The molecule has 206 valence electrons. The Labute approximate surface area is 245 Å². The van der Waals surface area contributed by atoms with Crippen molar-refractivity contribution in [1.29, 1.82) is 0 Å². The quantitative estimate of drug-likeness (QED) is 0.229. The zero-order valence-electron chi connectivity index (χ0n) is 24.1. The third-order valence-electron chi connectivity index (χ3n) is 8.80. The van der Waals surface area contributed by atoms with Crippen molar-refractivity contribution in [3.63, 3.8) is 0 Å². The minimum atomic E-state index is -0.306. The molecule has 0 bridgehead atoms. The molecule has 1 unspecified atom stereocenters. The zero-order chi connectivity index (χ0) is 26.4. The number of imidazole rings is 1. The predicted octanol–water partition coefficient (Wildman–Crippen LogP) is 3.47. The fourth-order valence-electron chi connectivity index (χ4n) is 6.64. The van der Waals surface area contributed by atoms with Gasteiger partial charge < -0.3 is 33.6 Å². The van der Waals surface area contributed by atoms with Crippen molar-refractivity contribution in [3.05, 3.63) is 48.0 Å². The fourth-order valence-corrected chi connectivity index (χ4v) is 6.64. The Hall–Kier alpha value is -2.09. The molecule has 3 aromatic rings. The van der Waals surface area contributed by atoms with E-state index >= 15 is 0 Å². The van der Waals surface area contributed by atoms with Gasteiger partial charge in [0.15, 0.2) is 11.0 Å².